The number of hydrogen-bond acceptors (Lipinski definition) is 4. The van der Waals surface area contributed by atoms with E-state index < -0.39 is 0 Å². The summed E-state index contributed by atoms with van der Waals surface area (Å²) in [6, 6.07) is 8.19. The Hall–Kier alpha value is -2.04. The number of rotatable bonds is 4. The molecule has 5 nitrogen and oxygen atoms in total. The summed E-state index contributed by atoms with van der Waals surface area (Å²) in [5.41, 5.74) is 7.85. The van der Waals surface area contributed by atoms with Crippen molar-refractivity contribution >= 4 is 11.4 Å². The van der Waals surface area contributed by atoms with Crippen molar-refractivity contribution in [3.8, 4) is 0 Å². The topological polar surface area (TPSA) is 60.0 Å². The van der Waals surface area contributed by atoms with Crippen LogP contribution in [0.4, 0.5) is 11.4 Å². The fourth-order valence-electron chi connectivity index (χ4n) is 2.83. The number of benzene rings is 1. The third-order valence-corrected chi connectivity index (χ3v) is 4.11. The third-order valence-electron chi connectivity index (χ3n) is 4.11. The molecule has 1 aliphatic heterocycles. The maximum atomic E-state index is 5.73. The lowest BCUT2D eigenvalue weighted by Gasteiger charge is -2.33. The normalized spacial score (nSPS) is 16.5. The molecular formula is C15H21N5. The number of nitrogen functional groups attached to an aromatic ring is 1. The quantitative estimate of drug-likeness (QED) is 0.866. The molecule has 1 aliphatic rings. The minimum atomic E-state index is 0.796. The number of aromatic nitrogens is 3. The van der Waals surface area contributed by atoms with Gasteiger partial charge in [0, 0.05) is 31.0 Å². The zero-order chi connectivity index (χ0) is 13.8. The Morgan fingerprint density at radius 2 is 1.90 bits per heavy atom. The second-order valence-corrected chi connectivity index (χ2v) is 5.47. The highest BCUT2D eigenvalue weighted by Gasteiger charge is 2.19. The fraction of sp³-hybridized carbons (Fsp3) is 0.467. The van der Waals surface area contributed by atoms with Crippen LogP contribution in [0.1, 0.15) is 19.3 Å². The van der Waals surface area contributed by atoms with Gasteiger partial charge >= 0.3 is 0 Å². The molecular weight excluding hydrogens is 250 g/mol. The van der Waals surface area contributed by atoms with Crippen molar-refractivity contribution < 1.29 is 0 Å². The fourth-order valence-corrected chi connectivity index (χ4v) is 2.83. The van der Waals surface area contributed by atoms with E-state index in [4.69, 9.17) is 5.73 Å². The molecule has 1 aromatic carbocycles. The average Bonchev–Trinajstić information content (AvgIpc) is 3.00. The first kappa shape index (κ1) is 13.0. The second kappa shape index (κ2) is 5.94. The van der Waals surface area contributed by atoms with Crippen molar-refractivity contribution in [2.45, 2.75) is 25.8 Å². The Labute approximate surface area is 119 Å². The Morgan fingerprint density at radius 1 is 1.15 bits per heavy atom. The van der Waals surface area contributed by atoms with Crippen LogP contribution in [0, 0.1) is 5.92 Å². The number of piperidine rings is 1. The van der Waals surface area contributed by atoms with Crippen molar-refractivity contribution in [1.29, 1.82) is 0 Å². The molecule has 2 N–H and O–H groups in total. The Bertz CT molecular complexity index is 512. The highest BCUT2D eigenvalue weighted by Crippen LogP contribution is 2.25. The summed E-state index contributed by atoms with van der Waals surface area (Å²) in [5, 5.41) is 4.15. The minimum absolute atomic E-state index is 0.796. The molecule has 3 rings (SSSR count). The molecule has 0 atom stereocenters. The zero-order valence-corrected chi connectivity index (χ0v) is 11.7. The Balaban J connectivity index is 1.48. The van der Waals surface area contributed by atoms with Crippen LogP contribution in [0.5, 0.6) is 0 Å². The molecule has 0 amide bonds. The summed E-state index contributed by atoms with van der Waals surface area (Å²) in [6.45, 7) is 3.24. The lowest BCUT2D eigenvalue weighted by Crippen LogP contribution is -2.33. The number of aryl methyl sites for hydroxylation is 1. The van der Waals surface area contributed by atoms with E-state index in [-0.39, 0.29) is 0 Å². The molecule has 0 radical (unpaired) electrons. The summed E-state index contributed by atoms with van der Waals surface area (Å²) in [5.74, 6) is 0.796. The third kappa shape index (κ3) is 3.10. The summed E-state index contributed by atoms with van der Waals surface area (Å²) >= 11 is 0. The van der Waals surface area contributed by atoms with Crippen molar-refractivity contribution in [2.75, 3.05) is 23.7 Å². The number of anilines is 2. The van der Waals surface area contributed by atoms with Crippen molar-refractivity contribution in [3.05, 3.63) is 36.9 Å². The van der Waals surface area contributed by atoms with Crippen LogP contribution in [-0.4, -0.2) is 27.9 Å². The van der Waals surface area contributed by atoms with Gasteiger partial charge in [0.1, 0.15) is 12.7 Å². The van der Waals surface area contributed by atoms with E-state index in [1.54, 1.807) is 12.7 Å². The lowest BCUT2D eigenvalue weighted by atomic mass is 9.93. The predicted molar refractivity (Wildman–Crippen MR) is 80.4 cm³/mol. The maximum absolute atomic E-state index is 5.73. The number of hydrogen-bond donors (Lipinski definition) is 1. The molecule has 106 valence electrons. The van der Waals surface area contributed by atoms with Crippen molar-refractivity contribution in [3.63, 3.8) is 0 Å². The Morgan fingerprint density at radius 3 is 2.55 bits per heavy atom. The van der Waals surface area contributed by atoms with Crippen LogP contribution in [0.3, 0.4) is 0 Å². The minimum Gasteiger partial charge on any atom is -0.399 e. The molecule has 1 saturated heterocycles. The highest BCUT2D eigenvalue weighted by atomic mass is 15.3. The predicted octanol–water partition coefficient (Wildman–Crippen LogP) is 2.17. The van der Waals surface area contributed by atoms with E-state index in [0.717, 1.165) is 31.2 Å². The molecule has 0 unspecified atom stereocenters. The van der Waals surface area contributed by atoms with Crippen LogP contribution >= 0.6 is 0 Å². The van der Waals surface area contributed by atoms with E-state index in [1.807, 2.05) is 16.8 Å². The molecule has 0 saturated carbocycles. The van der Waals surface area contributed by atoms with Crippen molar-refractivity contribution in [2.24, 2.45) is 5.92 Å². The molecule has 0 bridgehead atoms. The first-order valence-corrected chi connectivity index (χ1v) is 7.24. The van der Waals surface area contributed by atoms with Gasteiger partial charge in [-0.3, -0.25) is 4.68 Å². The first-order valence-electron chi connectivity index (χ1n) is 7.24. The van der Waals surface area contributed by atoms with Gasteiger partial charge in [0.2, 0.25) is 0 Å². The van der Waals surface area contributed by atoms with Gasteiger partial charge in [0.25, 0.3) is 0 Å². The maximum Gasteiger partial charge on any atom is 0.137 e. The molecule has 1 aromatic heterocycles. The van der Waals surface area contributed by atoms with E-state index in [0.29, 0.717) is 0 Å². The van der Waals surface area contributed by atoms with E-state index in [9.17, 15) is 0 Å². The summed E-state index contributed by atoms with van der Waals surface area (Å²) in [7, 11) is 0. The highest BCUT2D eigenvalue weighted by molar-refractivity contribution is 5.53. The first-order chi connectivity index (χ1) is 9.81. The van der Waals surface area contributed by atoms with Crippen LogP contribution in [0.2, 0.25) is 0 Å². The van der Waals surface area contributed by atoms with Gasteiger partial charge < -0.3 is 10.6 Å². The zero-order valence-electron chi connectivity index (χ0n) is 11.7. The van der Waals surface area contributed by atoms with Gasteiger partial charge in [-0.15, -0.1) is 0 Å². The number of nitrogens with zero attached hydrogens (tertiary/aromatic N) is 4. The molecule has 1 fully saturated rings. The largest absolute Gasteiger partial charge is 0.399 e. The Kier molecular flexibility index (Phi) is 3.85. The van der Waals surface area contributed by atoms with Crippen LogP contribution in [0.15, 0.2) is 36.9 Å². The van der Waals surface area contributed by atoms with Gasteiger partial charge in [-0.2, -0.15) is 5.10 Å². The van der Waals surface area contributed by atoms with Gasteiger partial charge in [-0.1, -0.05) is 0 Å². The smallest absolute Gasteiger partial charge is 0.137 e. The SMILES string of the molecule is Nc1ccc(N2CCC(CCn3cncn3)CC2)cc1. The standard InChI is InChI=1S/C15H21N5/c16-14-1-3-15(4-2-14)19-8-5-13(6-9-19)7-10-20-12-17-11-18-20/h1-4,11-13H,5-10,16H2. The van der Waals surface area contributed by atoms with E-state index in [2.05, 4.69) is 27.1 Å². The second-order valence-electron chi connectivity index (χ2n) is 5.47. The van der Waals surface area contributed by atoms with Gasteiger partial charge in [0.05, 0.1) is 0 Å². The summed E-state index contributed by atoms with van der Waals surface area (Å²) in [4.78, 5) is 6.43. The lowest BCUT2D eigenvalue weighted by molar-refractivity contribution is 0.354. The van der Waals surface area contributed by atoms with Crippen molar-refractivity contribution in [1.82, 2.24) is 14.8 Å². The van der Waals surface area contributed by atoms with Crippen LogP contribution in [0.25, 0.3) is 0 Å². The summed E-state index contributed by atoms with van der Waals surface area (Å²) in [6.07, 6.45) is 7.09. The molecule has 0 aliphatic carbocycles. The molecule has 2 aromatic rings. The number of nitrogens with two attached hydrogens (primary N) is 1. The van der Waals surface area contributed by atoms with Gasteiger partial charge in [-0.05, 0) is 49.4 Å². The average molecular weight is 271 g/mol. The summed E-state index contributed by atoms with van der Waals surface area (Å²) < 4.78 is 1.92. The van der Waals surface area contributed by atoms with E-state index >= 15 is 0 Å². The molecule has 0 spiro atoms. The van der Waals surface area contributed by atoms with Crippen LogP contribution < -0.4 is 10.6 Å². The van der Waals surface area contributed by atoms with Gasteiger partial charge in [-0.25, -0.2) is 4.98 Å². The van der Waals surface area contributed by atoms with E-state index in [1.165, 1.54) is 24.9 Å². The van der Waals surface area contributed by atoms with Crippen LogP contribution in [-0.2, 0) is 6.54 Å². The molecule has 20 heavy (non-hydrogen) atoms. The molecule has 5 heteroatoms. The van der Waals surface area contributed by atoms with Gasteiger partial charge in [0.15, 0.2) is 0 Å². The monoisotopic (exact) mass is 271 g/mol. The molecule has 2 heterocycles.